The number of carboxylic acids is 1. The molecule has 1 atom stereocenters. The summed E-state index contributed by atoms with van der Waals surface area (Å²) in [5, 5.41) is 14.3. The minimum Gasteiger partial charge on any atom is -0.481 e. The summed E-state index contributed by atoms with van der Waals surface area (Å²) in [4.78, 5) is 38.5. The van der Waals surface area contributed by atoms with E-state index in [1.54, 1.807) is 0 Å². The second-order valence-corrected chi connectivity index (χ2v) is 8.46. The van der Waals surface area contributed by atoms with Gasteiger partial charge in [-0.1, -0.05) is 48.5 Å². The van der Waals surface area contributed by atoms with Crippen LogP contribution >= 0.6 is 0 Å². The molecule has 0 aromatic heterocycles. The molecular weight excluding hydrogens is 422 g/mol. The molecular formula is C25H29N3O5. The van der Waals surface area contributed by atoms with Gasteiger partial charge in [0.15, 0.2) is 0 Å². The Morgan fingerprint density at radius 3 is 2.21 bits per heavy atom. The monoisotopic (exact) mass is 451 g/mol. The van der Waals surface area contributed by atoms with E-state index in [0.29, 0.717) is 13.1 Å². The number of benzene rings is 2. The fourth-order valence-electron chi connectivity index (χ4n) is 4.63. The average Bonchev–Trinajstić information content (AvgIpc) is 3.43. The van der Waals surface area contributed by atoms with Crippen LogP contribution in [0.3, 0.4) is 0 Å². The molecule has 0 bridgehead atoms. The largest absolute Gasteiger partial charge is 0.481 e. The van der Waals surface area contributed by atoms with Crippen molar-refractivity contribution in [3.63, 3.8) is 0 Å². The normalized spacial score (nSPS) is 16.0. The number of rotatable bonds is 9. The SMILES string of the molecule is O=C(O)CC(NC(=O)OCC1c2ccccc2-c2ccccc21)C(=O)NCCN1CCCC1. The number of amides is 2. The zero-order valence-electron chi connectivity index (χ0n) is 18.5. The number of hydrogen-bond donors (Lipinski definition) is 3. The van der Waals surface area contributed by atoms with Crippen LogP contribution < -0.4 is 10.6 Å². The second-order valence-electron chi connectivity index (χ2n) is 8.46. The molecule has 1 unspecified atom stereocenters. The number of aliphatic carboxylic acids is 1. The highest BCUT2D eigenvalue weighted by Gasteiger charge is 2.30. The minimum atomic E-state index is -1.20. The third-order valence-electron chi connectivity index (χ3n) is 6.26. The molecule has 2 aliphatic rings. The highest BCUT2D eigenvalue weighted by molar-refractivity contribution is 5.89. The lowest BCUT2D eigenvalue weighted by atomic mass is 9.98. The first-order valence-electron chi connectivity index (χ1n) is 11.4. The van der Waals surface area contributed by atoms with Gasteiger partial charge in [-0.05, 0) is 48.2 Å². The van der Waals surface area contributed by atoms with E-state index >= 15 is 0 Å². The maximum atomic E-state index is 12.5. The molecule has 2 amide bonds. The fourth-order valence-corrected chi connectivity index (χ4v) is 4.63. The van der Waals surface area contributed by atoms with E-state index < -0.39 is 30.4 Å². The van der Waals surface area contributed by atoms with Gasteiger partial charge in [0.2, 0.25) is 5.91 Å². The van der Waals surface area contributed by atoms with E-state index in [9.17, 15) is 19.5 Å². The van der Waals surface area contributed by atoms with Crippen molar-refractivity contribution in [3.05, 3.63) is 59.7 Å². The van der Waals surface area contributed by atoms with Crippen molar-refractivity contribution in [2.45, 2.75) is 31.2 Å². The van der Waals surface area contributed by atoms with E-state index in [-0.39, 0.29) is 12.5 Å². The molecule has 1 aliphatic carbocycles. The Balaban J connectivity index is 1.34. The number of fused-ring (bicyclic) bond motifs is 3. The van der Waals surface area contributed by atoms with Crippen molar-refractivity contribution in [2.75, 3.05) is 32.8 Å². The van der Waals surface area contributed by atoms with E-state index in [4.69, 9.17) is 4.74 Å². The lowest BCUT2D eigenvalue weighted by molar-refractivity contribution is -0.139. The van der Waals surface area contributed by atoms with Gasteiger partial charge >= 0.3 is 12.1 Å². The molecule has 4 rings (SSSR count). The van der Waals surface area contributed by atoms with Gasteiger partial charge in [0.1, 0.15) is 12.6 Å². The van der Waals surface area contributed by atoms with Gasteiger partial charge < -0.3 is 25.4 Å². The first-order chi connectivity index (χ1) is 16.0. The number of alkyl carbamates (subject to hydrolysis) is 1. The highest BCUT2D eigenvalue weighted by Crippen LogP contribution is 2.44. The Morgan fingerprint density at radius 2 is 1.61 bits per heavy atom. The van der Waals surface area contributed by atoms with Gasteiger partial charge in [0.05, 0.1) is 6.42 Å². The summed E-state index contributed by atoms with van der Waals surface area (Å²) in [6, 6.07) is 14.8. The van der Waals surface area contributed by atoms with Crippen molar-refractivity contribution >= 4 is 18.0 Å². The first kappa shape index (κ1) is 22.8. The number of carboxylic acid groups (broad SMARTS) is 1. The molecule has 8 nitrogen and oxygen atoms in total. The standard InChI is InChI=1S/C25H29N3O5/c29-23(30)15-22(24(31)26-11-14-28-12-5-6-13-28)27-25(32)33-16-21-19-9-3-1-7-17(19)18-8-2-4-10-20(18)21/h1-4,7-10,21-22H,5-6,11-16H2,(H,26,31)(H,27,32)(H,29,30). The number of carbonyl (C=O) groups excluding carboxylic acids is 2. The molecule has 0 saturated carbocycles. The van der Waals surface area contributed by atoms with E-state index in [1.165, 1.54) is 0 Å². The van der Waals surface area contributed by atoms with Crippen LogP contribution in [0.25, 0.3) is 11.1 Å². The molecule has 1 aliphatic heterocycles. The van der Waals surface area contributed by atoms with Gasteiger partial charge in [0, 0.05) is 19.0 Å². The number of hydrogen-bond acceptors (Lipinski definition) is 5. The smallest absolute Gasteiger partial charge is 0.407 e. The third-order valence-corrected chi connectivity index (χ3v) is 6.26. The number of nitrogens with one attached hydrogen (secondary N) is 2. The highest BCUT2D eigenvalue weighted by atomic mass is 16.5. The minimum absolute atomic E-state index is 0.0935. The van der Waals surface area contributed by atoms with E-state index in [0.717, 1.165) is 48.2 Å². The molecule has 3 N–H and O–H groups in total. The predicted octanol–water partition coefficient (Wildman–Crippen LogP) is 2.58. The summed E-state index contributed by atoms with van der Waals surface area (Å²) >= 11 is 0. The van der Waals surface area contributed by atoms with Crippen molar-refractivity contribution in [3.8, 4) is 11.1 Å². The molecule has 2 aromatic rings. The summed E-state index contributed by atoms with van der Waals surface area (Å²) in [5.74, 6) is -1.81. The van der Waals surface area contributed by atoms with Crippen LogP contribution in [0.1, 0.15) is 36.3 Å². The molecule has 1 fully saturated rings. The van der Waals surface area contributed by atoms with Crippen LogP contribution in [-0.2, 0) is 14.3 Å². The number of ether oxygens (including phenoxy) is 1. The summed E-state index contributed by atoms with van der Waals surface area (Å²) in [6.45, 7) is 3.22. The van der Waals surface area contributed by atoms with Crippen LogP contribution in [0.4, 0.5) is 4.79 Å². The summed E-state index contributed by atoms with van der Waals surface area (Å²) in [6.07, 6.45) is 0.982. The lowest BCUT2D eigenvalue weighted by Gasteiger charge is -2.20. The maximum Gasteiger partial charge on any atom is 0.407 e. The van der Waals surface area contributed by atoms with Crippen molar-refractivity contribution < 1.29 is 24.2 Å². The van der Waals surface area contributed by atoms with Gasteiger partial charge in [0.25, 0.3) is 0 Å². The summed E-state index contributed by atoms with van der Waals surface area (Å²) in [5.41, 5.74) is 4.38. The Hall–Kier alpha value is -3.39. The molecule has 0 radical (unpaired) electrons. The van der Waals surface area contributed by atoms with Gasteiger partial charge in [-0.15, -0.1) is 0 Å². The molecule has 1 heterocycles. The number of nitrogens with zero attached hydrogens (tertiary/aromatic N) is 1. The molecule has 0 spiro atoms. The zero-order chi connectivity index (χ0) is 23.2. The zero-order valence-corrected chi connectivity index (χ0v) is 18.5. The van der Waals surface area contributed by atoms with Gasteiger partial charge in [-0.2, -0.15) is 0 Å². The average molecular weight is 452 g/mol. The molecule has 8 heteroatoms. The molecule has 2 aromatic carbocycles. The van der Waals surface area contributed by atoms with Gasteiger partial charge in [-0.3, -0.25) is 9.59 Å². The van der Waals surface area contributed by atoms with Crippen molar-refractivity contribution in [1.29, 1.82) is 0 Å². The van der Waals surface area contributed by atoms with Crippen LogP contribution in [0.2, 0.25) is 0 Å². The van der Waals surface area contributed by atoms with Crippen LogP contribution in [-0.4, -0.2) is 66.8 Å². The Bertz CT molecular complexity index is 973. The van der Waals surface area contributed by atoms with E-state index in [2.05, 4.69) is 15.5 Å². The molecule has 33 heavy (non-hydrogen) atoms. The molecule has 174 valence electrons. The van der Waals surface area contributed by atoms with Crippen molar-refractivity contribution in [1.82, 2.24) is 15.5 Å². The van der Waals surface area contributed by atoms with E-state index in [1.807, 2.05) is 48.5 Å². The summed E-state index contributed by atoms with van der Waals surface area (Å²) in [7, 11) is 0. The Labute approximate surface area is 192 Å². The molecule has 1 saturated heterocycles. The Morgan fingerprint density at radius 1 is 1.00 bits per heavy atom. The summed E-state index contributed by atoms with van der Waals surface area (Å²) < 4.78 is 5.46. The quantitative estimate of drug-likeness (QED) is 0.541. The predicted molar refractivity (Wildman–Crippen MR) is 123 cm³/mol. The topological polar surface area (TPSA) is 108 Å². The van der Waals surface area contributed by atoms with Crippen molar-refractivity contribution in [2.24, 2.45) is 0 Å². The number of likely N-dealkylation sites (tertiary alicyclic amines) is 1. The van der Waals surface area contributed by atoms with Gasteiger partial charge in [-0.25, -0.2) is 4.79 Å². The van der Waals surface area contributed by atoms with Crippen LogP contribution in [0, 0.1) is 0 Å². The number of carbonyl (C=O) groups is 3. The Kier molecular flexibility index (Phi) is 7.24. The fraction of sp³-hybridized carbons (Fsp3) is 0.400. The third kappa shape index (κ3) is 5.51. The van der Waals surface area contributed by atoms with Crippen LogP contribution in [0.5, 0.6) is 0 Å². The lowest BCUT2D eigenvalue weighted by Crippen LogP contribution is -2.49. The maximum absolute atomic E-state index is 12.5. The second kappa shape index (κ2) is 10.5. The van der Waals surface area contributed by atoms with Crippen LogP contribution in [0.15, 0.2) is 48.5 Å². The first-order valence-corrected chi connectivity index (χ1v) is 11.4.